The Morgan fingerprint density at radius 1 is 1.14 bits per heavy atom. The van der Waals surface area contributed by atoms with Gasteiger partial charge in [-0.3, -0.25) is 4.79 Å². The van der Waals surface area contributed by atoms with Gasteiger partial charge >= 0.3 is 0 Å². The van der Waals surface area contributed by atoms with Crippen LogP contribution < -0.4 is 5.73 Å². The highest BCUT2D eigenvalue weighted by Crippen LogP contribution is 2.42. The Kier molecular flexibility index (Phi) is 4.29. The number of carbonyl (C=O) groups excluding carboxylic acids is 1. The van der Waals surface area contributed by atoms with Crippen LogP contribution in [-0.2, 0) is 16.8 Å². The molecule has 0 bridgehead atoms. The van der Waals surface area contributed by atoms with E-state index in [-0.39, 0.29) is 5.54 Å². The van der Waals surface area contributed by atoms with Crippen LogP contribution in [0.5, 0.6) is 0 Å². The fourth-order valence-corrected chi connectivity index (χ4v) is 3.19. The molecule has 1 aromatic rings. The molecule has 1 aliphatic heterocycles. The van der Waals surface area contributed by atoms with Crippen LogP contribution in [0.25, 0.3) is 0 Å². The van der Waals surface area contributed by atoms with Crippen LogP contribution in [0, 0.1) is 0 Å². The van der Waals surface area contributed by atoms with Crippen molar-refractivity contribution in [3.8, 4) is 0 Å². The quantitative estimate of drug-likeness (QED) is 0.925. The predicted octanol–water partition coefficient (Wildman–Crippen LogP) is 2.97. The maximum Gasteiger partial charge on any atom is 0.222 e. The molecule has 3 heteroatoms. The lowest BCUT2D eigenvalue weighted by Gasteiger charge is -2.20. The van der Waals surface area contributed by atoms with E-state index >= 15 is 0 Å². The number of benzene rings is 1. The van der Waals surface area contributed by atoms with Crippen molar-refractivity contribution in [2.75, 3.05) is 13.1 Å². The van der Waals surface area contributed by atoms with E-state index in [2.05, 4.69) is 29.2 Å². The molecule has 21 heavy (non-hydrogen) atoms. The largest absolute Gasteiger partial charge is 0.343 e. The number of likely N-dealkylation sites (tertiary alicyclic amines) is 1. The third kappa shape index (κ3) is 3.65. The molecule has 1 aliphatic carbocycles. The average Bonchev–Trinajstić information content (AvgIpc) is 3.29. The molecule has 2 aliphatic rings. The molecule has 2 fully saturated rings. The maximum absolute atomic E-state index is 12.3. The van der Waals surface area contributed by atoms with E-state index in [4.69, 9.17) is 5.73 Å². The third-order valence-electron chi connectivity index (χ3n) is 4.88. The van der Waals surface area contributed by atoms with Crippen molar-refractivity contribution >= 4 is 5.91 Å². The van der Waals surface area contributed by atoms with Crippen LogP contribution in [0.3, 0.4) is 0 Å². The van der Waals surface area contributed by atoms with E-state index in [1.807, 2.05) is 0 Å². The number of aryl methyl sites for hydroxylation is 1. The highest BCUT2D eigenvalue weighted by atomic mass is 16.2. The average molecular weight is 286 g/mol. The van der Waals surface area contributed by atoms with Crippen molar-refractivity contribution in [1.82, 2.24) is 4.90 Å². The van der Waals surface area contributed by atoms with Gasteiger partial charge in [0.1, 0.15) is 0 Å². The highest BCUT2D eigenvalue weighted by Gasteiger charge is 2.39. The first-order valence-electron chi connectivity index (χ1n) is 8.33. The Balaban J connectivity index is 1.55. The number of hydrogen-bond donors (Lipinski definition) is 1. The molecule has 0 atom stereocenters. The monoisotopic (exact) mass is 286 g/mol. The highest BCUT2D eigenvalue weighted by molar-refractivity contribution is 5.76. The van der Waals surface area contributed by atoms with Crippen molar-refractivity contribution < 1.29 is 4.79 Å². The molecule has 1 aromatic carbocycles. The summed E-state index contributed by atoms with van der Waals surface area (Å²) in [4.78, 5) is 14.4. The van der Waals surface area contributed by atoms with Crippen molar-refractivity contribution in [2.24, 2.45) is 5.73 Å². The molecule has 114 valence electrons. The van der Waals surface area contributed by atoms with Crippen molar-refractivity contribution in [3.05, 3.63) is 35.4 Å². The summed E-state index contributed by atoms with van der Waals surface area (Å²) in [6, 6.07) is 8.51. The normalized spacial score (nSPS) is 20.9. The Labute approximate surface area is 127 Å². The molecule has 2 N–H and O–H groups in total. The number of nitrogens with zero attached hydrogens (tertiary/aromatic N) is 1. The van der Waals surface area contributed by atoms with Gasteiger partial charge in [-0.2, -0.15) is 0 Å². The lowest BCUT2D eigenvalue weighted by Crippen LogP contribution is -2.31. The van der Waals surface area contributed by atoms with E-state index in [0.29, 0.717) is 12.3 Å². The van der Waals surface area contributed by atoms with Crippen molar-refractivity contribution in [3.63, 3.8) is 0 Å². The van der Waals surface area contributed by atoms with Gasteiger partial charge < -0.3 is 10.6 Å². The topological polar surface area (TPSA) is 46.3 Å². The van der Waals surface area contributed by atoms with Gasteiger partial charge in [-0.1, -0.05) is 37.1 Å². The fraction of sp³-hybridized carbons (Fsp3) is 0.611. The van der Waals surface area contributed by atoms with Gasteiger partial charge in [0.25, 0.3) is 0 Å². The first kappa shape index (κ1) is 14.6. The number of hydrogen-bond acceptors (Lipinski definition) is 2. The minimum absolute atomic E-state index is 0.0786. The molecule has 0 spiro atoms. The minimum Gasteiger partial charge on any atom is -0.343 e. The molecule has 3 nitrogen and oxygen atoms in total. The smallest absolute Gasteiger partial charge is 0.222 e. The third-order valence-corrected chi connectivity index (χ3v) is 4.88. The van der Waals surface area contributed by atoms with Gasteiger partial charge in [0, 0.05) is 25.0 Å². The second kappa shape index (κ2) is 6.18. The number of amides is 1. The zero-order valence-electron chi connectivity index (χ0n) is 12.8. The first-order valence-corrected chi connectivity index (χ1v) is 8.33. The second-order valence-corrected chi connectivity index (χ2v) is 6.65. The van der Waals surface area contributed by atoms with Gasteiger partial charge in [-0.05, 0) is 43.2 Å². The molecule has 3 rings (SSSR count). The maximum atomic E-state index is 12.3. The molecule has 0 aromatic heterocycles. The second-order valence-electron chi connectivity index (χ2n) is 6.65. The van der Waals surface area contributed by atoms with Crippen LogP contribution in [0.15, 0.2) is 24.3 Å². The summed E-state index contributed by atoms with van der Waals surface area (Å²) < 4.78 is 0. The lowest BCUT2D eigenvalue weighted by atomic mass is 10.0. The summed E-state index contributed by atoms with van der Waals surface area (Å²) in [6.07, 6.45) is 8.50. The van der Waals surface area contributed by atoms with Crippen molar-refractivity contribution in [2.45, 2.75) is 56.9 Å². The molecule has 1 saturated heterocycles. The molecule has 1 saturated carbocycles. The fourth-order valence-electron chi connectivity index (χ4n) is 3.19. The van der Waals surface area contributed by atoms with Crippen LogP contribution >= 0.6 is 0 Å². The van der Waals surface area contributed by atoms with Gasteiger partial charge in [-0.15, -0.1) is 0 Å². The summed E-state index contributed by atoms with van der Waals surface area (Å²) >= 11 is 0. The zero-order valence-corrected chi connectivity index (χ0v) is 12.8. The summed E-state index contributed by atoms with van der Waals surface area (Å²) in [7, 11) is 0. The molecule has 1 amide bonds. The number of rotatable bonds is 4. The molecule has 0 unspecified atom stereocenters. The van der Waals surface area contributed by atoms with Crippen LogP contribution in [0.1, 0.15) is 56.1 Å². The summed E-state index contributed by atoms with van der Waals surface area (Å²) in [5, 5.41) is 0. The predicted molar refractivity (Wildman–Crippen MR) is 84.9 cm³/mol. The van der Waals surface area contributed by atoms with Gasteiger partial charge in [0.05, 0.1) is 0 Å². The van der Waals surface area contributed by atoms with Crippen LogP contribution in [0.2, 0.25) is 0 Å². The lowest BCUT2D eigenvalue weighted by molar-refractivity contribution is -0.131. The molecule has 0 radical (unpaired) electrons. The Morgan fingerprint density at radius 3 is 2.52 bits per heavy atom. The SMILES string of the molecule is NC1(c2cccc(CCC(=O)N3CCCCCC3)c2)CC1. The Morgan fingerprint density at radius 2 is 1.86 bits per heavy atom. The van der Waals surface area contributed by atoms with Gasteiger partial charge in [0.15, 0.2) is 0 Å². The first-order chi connectivity index (χ1) is 10.2. The van der Waals surface area contributed by atoms with E-state index in [0.717, 1.165) is 45.2 Å². The van der Waals surface area contributed by atoms with E-state index in [1.165, 1.54) is 24.0 Å². The molecular weight excluding hydrogens is 260 g/mol. The van der Waals surface area contributed by atoms with Crippen LogP contribution in [0.4, 0.5) is 0 Å². The number of carbonyl (C=O) groups is 1. The molecule has 1 heterocycles. The summed E-state index contributed by atoms with van der Waals surface area (Å²) in [5.74, 6) is 0.316. The zero-order chi connectivity index (χ0) is 14.7. The van der Waals surface area contributed by atoms with Gasteiger partial charge in [-0.25, -0.2) is 0 Å². The van der Waals surface area contributed by atoms with Crippen LogP contribution in [-0.4, -0.2) is 23.9 Å². The summed E-state index contributed by atoms with van der Waals surface area (Å²) in [6.45, 7) is 1.90. The standard InChI is InChI=1S/C18H26N2O/c19-18(10-11-18)16-7-5-6-15(14-16)8-9-17(21)20-12-3-1-2-4-13-20/h5-7,14H,1-4,8-13,19H2. The summed E-state index contributed by atoms with van der Waals surface area (Å²) in [5.41, 5.74) is 8.65. The Hall–Kier alpha value is -1.35. The Bertz CT molecular complexity index is 500. The van der Waals surface area contributed by atoms with Crippen molar-refractivity contribution in [1.29, 1.82) is 0 Å². The van der Waals surface area contributed by atoms with E-state index < -0.39 is 0 Å². The van der Waals surface area contributed by atoms with E-state index in [1.54, 1.807) is 0 Å². The van der Waals surface area contributed by atoms with E-state index in [9.17, 15) is 4.79 Å². The number of nitrogens with two attached hydrogens (primary N) is 1. The molecular formula is C18H26N2O. The minimum atomic E-state index is -0.0786. The van der Waals surface area contributed by atoms with Gasteiger partial charge in [0.2, 0.25) is 5.91 Å².